The van der Waals surface area contributed by atoms with Gasteiger partial charge < -0.3 is 14.9 Å². The van der Waals surface area contributed by atoms with Crippen LogP contribution in [-0.4, -0.2) is 32.3 Å². The van der Waals surface area contributed by atoms with Crippen molar-refractivity contribution in [1.82, 2.24) is 0 Å². The number of rotatable bonds is 5. The van der Waals surface area contributed by atoms with Crippen LogP contribution in [0.2, 0.25) is 0 Å². The van der Waals surface area contributed by atoms with Gasteiger partial charge in [-0.05, 0) is 42.3 Å². The lowest BCUT2D eigenvalue weighted by molar-refractivity contribution is 0.0600. The Labute approximate surface area is 140 Å². The number of hydrogen-bond donors (Lipinski definition) is 1. The number of hydrogen-bond acceptors (Lipinski definition) is 5. The van der Waals surface area contributed by atoms with E-state index >= 15 is 0 Å². The lowest BCUT2D eigenvalue weighted by Gasteiger charge is -2.10. The van der Waals surface area contributed by atoms with Crippen LogP contribution in [0.25, 0.3) is 0 Å². The molecule has 6 heteroatoms. The van der Waals surface area contributed by atoms with Crippen molar-refractivity contribution in [3.63, 3.8) is 0 Å². The molecule has 124 valence electrons. The van der Waals surface area contributed by atoms with E-state index in [-0.39, 0.29) is 5.91 Å². The van der Waals surface area contributed by atoms with Crippen LogP contribution in [-0.2, 0) is 9.57 Å². The van der Waals surface area contributed by atoms with Crippen LogP contribution in [0.5, 0.6) is 0 Å². The first kappa shape index (κ1) is 17.2. The highest BCUT2D eigenvalue weighted by molar-refractivity contribution is 6.05. The van der Waals surface area contributed by atoms with Gasteiger partial charge in [0.2, 0.25) is 0 Å². The second-order valence-electron chi connectivity index (χ2n) is 5.01. The molecule has 1 amide bonds. The third-order valence-corrected chi connectivity index (χ3v) is 3.39. The topological polar surface area (TPSA) is 77.0 Å². The van der Waals surface area contributed by atoms with Gasteiger partial charge in [-0.15, -0.1) is 0 Å². The Morgan fingerprint density at radius 3 is 2.33 bits per heavy atom. The maximum absolute atomic E-state index is 12.4. The van der Waals surface area contributed by atoms with Gasteiger partial charge in [0.25, 0.3) is 5.91 Å². The number of carbonyl (C=O) groups excluding carboxylic acids is 2. The summed E-state index contributed by atoms with van der Waals surface area (Å²) in [6, 6.07) is 11.9. The molecule has 0 bridgehead atoms. The second kappa shape index (κ2) is 7.92. The number of ether oxygens (including phenoxy) is 1. The molecule has 0 aliphatic rings. The van der Waals surface area contributed by atoms with E-state index in [0.717, 1.165) is 11.1 Å². The highest BCUT2D eigenvalue weighted by Gasteiger charge is 2.11. The van der Waals surface area contributed by atoms with Gasteiger partial charge in [0.05, 0.1) is 18.9 Å². The van der Waals surface area contributed by atoms with Crippen molar-refractivity contribution in [2.24, 2.45) is 5.16 Å². The van der Waals surface area contributed by atoms with Crippen LogP contribution in [0, 0.1) is 6.92 Å². The quantitative estimate of drug-likeness (QED) is 0.520. The van der Waals surface area contributed by atoms with Crippen LogP contribution >= 0.6 is 0 Å². The first-order valence-corrected chi connectivity index (χ1v) is 7.22. The molecule has 0 atom stereocenters. The van der Waals surface area contributed by atoms with E-state index in [1.807, 2.05) is 6.92 Å². The average Bonchev–Trinajstić information content (AvgIpc) is 2.61. The third-order valence-electron chi connectivity index (χ3n) is 3.39. The Balaban J connectivity index is 2.17. The maximum atomic E-state index is 12.4. The molecule has 0 aliphatic heterocycles. The fourth-order valence-corrected chi connectivity index (χ4v) is 2.03. The Kier molecular flexibility index (Phi) is 5.68. The van der Waals surface area contributed by atoms with E-state index < -0.39 is 5.97 Å². The summed E-state index contributed by atoms with van der Waals surface area (Å²) in [5, 5.41) is 6.46. The molecule has 2 aromatic carbocycles. The van der Waals surface area contributed by atoms with E-state index in [1.165, 1.54) is 14.2 Å². The lowest BCUT2D eigenvalue weighted by atomic mass is 10.1. The summed E-state index contributed by atoms with van der Waals surface area (Å²) in [5.74, 6) is -0.720. The maximum Gasteiger partial charge on any atom is 0.337 e. The summed E-state index contributed by atoms with van der Waals surface area (Å²) < 4.78 is 4.69. The zero-order chi connectivity index (χ0) is 17.5. The molecule has 6 nitrogen and oxygen atoms in total. The van der Waals surface area contributed by atoms with Crippen LogP contribution in [0.3, 0.4) is 0 Å². The van der Waals surface area contributed by atoms with Gasteiger partial charge in [0.15, 0.2) is 0 Å². The predicted molar refractivity (Wildman–Crippen MR) is 91.5 cm³/mol. The fourth-order valence-electron chi connectivity index (χ4n) is 2.03. The molecule has 0 unspecified atom stereocenters. The van der Waals surface area contributed by atoms with Gasteiger partial charge in [-0.2, -0.15) is 0 Å². The van der Waals surface area contributed by atoms with Crippen molar-refractivity contribution in [3.8, 4) is 0 Å². The molecule has 1 N–H and O–H groups in total. The second-order valence-corrected chi connectivity index (χ2v) is 5.01. The number of esters is 1. The molecule has 0 aromatic heterocycles. The number of nitrogens with zero attached hydrogens (tertiary/aromatic N) is 1. The molecule has 0 saturated heterocycles. The predicted octanol–water partition coefficient (Wildman–Crippen LogP) is 3.01. The van der Waals surface area contributed by atoms with Crippen molar-refractivity contribution >= 4 is 23.8 Å². The Hall–Kier alpha value is -3.15. The number of oxime groups is 1. The largest absolute Gasteiger partial charge is 0.465 e. The summed E-state index contributed by atoms with van der Waals surface area (Å²) >= 11 is 0. The van der Waals surface area contributed by atoms with Gasteiger partial charge in [-0.1, -0.05) is 23.4 Å². The number of methoxy groups -OCH3 is 1. The first-order chi connectivity index (χ1) is 11.5. The van der Waals surface area contributed by atoms with E-state index in [2.05, 4.69) is 15.3 Å². The molecule has 0 aliphatic carbocycles. The highest BCUT2D eigenvalue weighted by Crippen LogP contribution is 2.18. The number of amides is 1. The van der Waals surface area contributed by atoms with Crippen LogP contribution in [0.4, 0.5) is 5.69 Å². The summed E-state index contributed by atoms with van der Waals surface area (Å²) in [7, 11) is 2.78. The minimum atomic E-state index is -0.452. The number of carbonyl (C=O) groups is 2. The van der Waals surface area contributed by atoms with E-state index in [1.54, 1.807) is 48.7 Å². The van der Waals surface area contributed by atoms with Gasteiger partial charge >= 0.3 is 5.97 Å². The molecule has 24 heavy (non-hydrogen) atoms. The minimum absolute atomic E-state index is 0.268. The van der Waals surface area contributed by atoms with Crippen molar-refractivity contribution in [2.75, 3.05) is 19.5 Å². The lowest BCUT2D eigenvalue weighted by Crippen LogP contribution is -2.13. The fraction of sp³-hybridized carbons (Fsp3) is 0.167. The van der Waals surface area contributed by atoms with E-state index in [4.69, 9.17) is 4.74 Å². The van der Waals surface area contributed by atoms with Gasteiger partial charge in [-0.25, -0.2) is 4.79 Å². The van der Waals surface area contributed by atoms with Gasteiger partial charge in [0.1, 0.15) is 7.11 Å². The zero-order valence-corrected chi connectivity index (χ0v) is 13.7. The molecular weight excluding hydrogens is 308 g/mol. The number of benzene rings is 2. The SMILES string of the molecule is CO/N=C/c1ccc(C(=O)Nc2cc(C(=O)OC)ccc2C)cc1. The standard InChI is InChI=1S/C18H18N2O4/c1-12-4-7-15(18(22)23-2)10-16(12)20-17(21)14-8-5-13(6-9-14)11-19-24-3/h4-11H,1-3H3,(H,20,21)/b19-11+. The Morgan fingerprint density at radius 2 is 1.71 bits per heavy atom. The number of aryl methyl sites for hydroxylation is 1. The monoisotopic (exact) mass is 326 g/mol. The molecule has 0 heterocycles. The molecule has 0 fully saturated rings. The molecule has 0 radical (unpaired) electrons. The summed E-state index contributed by atoms with van der Waals surface area (Å²) in [4.78, 5) is 28.6. The van der Waals surface area contributed by atoms with Crippen molar-refractivity contribution in [3.05, 3.63) is 64.7 Å². The molecular formula is C18H18N2O4. The van der Waals surface area contributed by atoms with E-state index in [0.29, 0.717) is 16.8 Å². The molecule has 2 rings (SSSR count). The van der Waals surface area contributed by atoms with Crippen LogP contribution < -0.4 is 5.32 Å². The number of nitrogens with one attached hydrogen (secondary N) is 1. The van der Waals surface area contributed by atoms with Crippen LogP contribution in [0.15, 0.2) is 47.6 Å². The third kappa shape index (κ3) is 4.19. The summed E-state index contributed by atoms with van der Waals surface area (Å²) in [6.07, 6.45) is 1.55. The van der Waals surface area contributed by atoms with Crippen molar-refractivity contribution in [2.45, 2.75) is 6.92 Å². The van der Waals surface area contributed by atoms with Crippen LogP contribution in [0.1, 0.15) is 31.8 Å². The molecule has 0 saturated carbocycles. The Morgan fingerprint density at radius 1 is 1.04 bits per heavy atom. The van der Waals surface area contributed by atoms with Crippen molar-refractivity contribution < 1.29 is 19.2 Å². The average molecular weight is 326 g/mol. The molecule has 0 spiro atoms. The van der Waals surface area contributed by atoms with Crippen molar-refractivity contribution in [1.29, 1.82) is 0 Å². The number of anilines is 1. The first-order valence-electron chi connectivity index (χ1n) is 7.22. The smallest absolute Gasteiger partial charge is 0.337 e. The normalized spacial score (nSPS) is 10.5. The summed E-state index contributed by atoms with van der Waals surface area (Å²) in [5.41, 5.74) is 3.10. The van der Waals surface area contributed by atoms with Gasteiger partial charge in [-0.3, -0.25) is 4.79 Å². The van der Waals surface area contributed by atoms with E-state index in [9.17, 15) is 9.59 Å². The Bertz CT molecular complexity index is 767. The molecule has 2 aromatic rings. The highest BCUT2D eigenvalue weighted by atomic mass is 16.6. The van der Waals surface area contributed by atoms with Gasteiger partial charge in [0, 0.05) is 11.3 Å². The minimum Gasteiger partial charge on any atom is -0.465 e. The zero-order valence-electron chi connectivity index (χ0n) is 13.7. The summed E-state index contributed by atoms with van der Waals surface area (Å²) in [6.45, 7) is 1.85.